The van der Waals surface area contributed by atoms with Gasteiger partial charge in [-0.25, -0.2) is 9.18 Å². The number of methoxy groups -OCH3 is 1. The number of carboxylic acids is 1. The van der Waals surface area contributed by atoms with Crippen molar-refractivity contribution in [1.29, 1.82) is 0 Å². The minimum atomic E-state index is -4.48. The van der Waals surface area contributed by atoms with Gasteiger partial charge in [0.05, 0.1) is 30.4 Å². The number of rotatable bonds is 6. The van der Waals surface area contributed by atoms with E-state index in [4.69, 9.17) is 9.47 Å². The second-order valence-corrected chi connectivity index (χ2v) is 12.3. The average molecular weight is 605 g/mol. The van der Waals surface area contributed by atoms with Gasteiger partial charge in [0, 0.05) is 19.7 Å². The number of fused-ring (bicyclic) bond motifs is 1. The summed E-state index contributed by atoms with van der Waals surface area (Å²) in [6.07, 6.45) is -0.305. The topological polar surface area (TPSA) is 79.3 Å². The Kier molecular flexibility index (Phi) is 8.02. The molecule has 0 radical (unpaired) electrons. The SMILES string of the molecule is COC1CN(C(=O)[C@@]2(C3CC3)CCC(N3CCC(c4ccc(F)c(C(=O)O)c4)CC3)CO2)Cc2cc(C(F)(F)F)ccc21. The Hall–Kier alpha value is -3.02. The first kappa shape index (κ1) is 30.0. The van der Waals surface area contributed by atoms with E-state index in [-0.39, 0.29) is 42.4 Å². The predicted molar refractivity (Wildman–Crippen MR) is 148 cm³/mol. The van der Waals surface area contributed by atoms with Gasteiger partial charge in [-0.05, 0) is 104 Å². The van der Waals surface area contributed by atoms with E-state index in [1.807, 2.05) is 0 Å². The van der Waals surface area contributed by atoms with E-state index in [1.54, 1.807) is 11.0 Å². The third kappa shape index (κ3) is 5.79. The van der Waals surface area contributed by atoms with Crippen molar-refractivity contribution in [3.8, 4) is 0 Å². The van der Waals surface area contributed by atoms with Crippen molar-refractivity contribution in [1.82, 2.24) is 9.80 Å². The lowest BCUT2D eigenvalue weighted by molar-refractivity contribution is -0.178. The van der Waals surface area contributed by atoms with Gasteiger partial charge in [-0.1, -0.05) is 12.1 Å². The Morgan fingerprint density at radius 3 is 2.40 bits per heavy atom. The maximum absolute atomic E-state index is 14.1. The highest BCUT2D eigenvalue weighted by atomic mass is 19.4. The second-order valence-electron chi connectivity index (χ2n) is 12.3. The van der Waals surface area contributed by atoms with Crippen molar-refractivity contribution in [2.24, 2.45) is 5.92 Å². The molecule has 1 amide bonds. The third-order valence-corrected chi connectivity index (χ3v) is 9.86. The molecule has 2 aromatic rings. The number of halogens is 4. The summed E-state index contributed by atoms with van der Waals surface area (Å²) in [5.41, 5.74) is -0.0796. The molecule has 0 aromatic heterocycles. The number of alkyl halides is 3. The molecule has 3 fully saturated rings. The Balaban J connectivity index is 1.11. The highest BCUT2D eigenvalue weighted by molar-refractivity contribution is 5.88. The van der Waals surface area contributed by atoms with Crippen molar-refractivity contribution in [3.63, 3.8) is 0 Å². The van der Waals surface area contributed by atoms with Crippen molar-refractivity contribution >= 4 is 11.9 Å². The minimum absolute atomic E-state index is 0.0830. The van der Waals surface area contributed by atoms with E-state index >= 15 is 0 Å². The van der Waals surface area contributed by atoms with Gasteiger partial charge in [-0.3, -0.25) is 9.69 Å². The molecular weight excluding hydrogens is 568 g/mol. The Bertz CT molecular complexity index is 1380. The fourth-order valence-corrected chi connectivity index (χ4v) is 7.27. The molecule has 6 rings (SSSR count). The maximum Gasteiger partial charge on any atom is 0.416 e. The molecule has 43 heavy (non-hydrogen) atoms. The number of hydrogen-bond acceptors (Lipinski definition) is 5. The molecule has 1 aliphatic carbocycles. The summed E-state index contributed by atoms with van der Waals surface area (Å²) in [4.78, 5) is 29.5. The zero-order chi connectivity index (χ0) is 30.5. The molecule has 2 unspecified atom stereocenters. The van der Waals surface area contributed by atoms with Crippen LogP contribution >= 0.6 is 0 Å². The van der Waals surface area contributed by atoms with Crippen LogP contribution in [-0.4, -0.2) is 71.8 Å². The highest BCUT2D eigenvalue weighted by Crippen LogP contribution is 2.49. The number of amides is 1. The van der Waals surface area contributed by atoms with Crippen LogP contribution in [0.1, 0.15) is 83.2 Å². The van der Waals surface area contributed by atoms with Gasteiger partial charge >= 0.3 is 12.1 Å². The van der Waals surface area contributed by atoms with E-state index in [2.05, 4.69) is 4.90 Å². The number of likely N-dealkylation sites (tertiary alicyclic amines) is 1. The maximum atomic E-state index is 14.1. The third-order valence-electron chi connectivity index (χ3n) is 9.86. The van der Waals surface area contributed by atoms with E-state index in [1.165, 1.54) is 25.3 Å². The van der Waals surface area contributed by atoms with Gasteiger partial charge in [-0.15, -0.1) is 0 Å². The van der Waals surface area contributed by atoms with Gasteiger partial charge < -0.3 is 19.5 Å². The summed E-state index contributed by atoms with van der Waals surface area (Å²) >= 11 is 0. The molecule has 2 saturated heterocycles. The summed E-state index contributed by atoms with van der Waals surface area (Å²) in [6, 6.07) is 8.10. The first-order valence-electron chi connectivity index (χ1n) is 14.9. The van der Waals surface area contributed by atoms with Crippen LogP contribution in [0.3, 0.4) is 0 Å². The molecule has 4 aliphatic rings. The first-order valence-corrected chi connectivity index (χ1v) is 14.9. The van der Waals surface area contributed by atoms with Crippen LogP contribution in [0.5, 0.6) is 0 Å². The molecular formula is C32H36F4N2O5. The van der Waals surface area contributed by atoms with Crippen LogP contribution in [0, 0.1) is 11.7 Å². The fraction of sp³-hybridized carbons (Fsp3) is 0.562. The fourth-order valence-electron chi connectivity index (χ4n) is 7.27. The summed E-state index contributed by atoms with van der Waals surface area (Å²) in [6.45, 7) is 2.30. The lowest BCUT2D eigenvalue weighted by Gasteiger charge is -2.47. The smallest absolute Gasteiger partial charge is 0.416 e. The summed E-state index contributed by atoms with van der Waals surface area (Å²) in [5.74, 6) is -1.94. The lowest BCUT2D eigenvalue weighted by Crippen LogP contribution is -2.59. The average Bonchev–Trinajstić information content (AvgIpc) is 3.86. The number of carboxylic acid groups (broad SMARTS) is 1. The van der Waals surface area contributed by atoms with Crippen LogP contribution in [0.25, 0.3) is 0 Å². The van der Waals surface area contributed by atoms with Gasteiger partial charge in [0.1, 0.15) is 11.4 Å². The molecule has 232 valence electrons. The first-order chi connectivity index (χ1) is 20.5. The Labute approximate surface area is 247 Å². The zero-order valence-corrected chi connectivity index (χ0v) is 24.0. The van der Waals surface area contributed by atoms with Crippen LogP contribution in [0.15, 0.2) is 36.4 Å². The van der Waals surface area contributed by atoms with Crippen molar-refractivity contribution in [2.75, 3.05) is 33.4 Å². The van der Waals surface area contributed by atoms with Gasteiger partial charge in [-0.2, -0.15) is 13.2 Å². The molecule has 0 bridgehead atoms. The number of carbonyl (C=O) groups excluding carboxylic acids is 1. The summed E-state index contributed by atoms with van der Waals surface area (Å²) < 4.78 is 66.3. The standard InChI is InChI=1S/C32H36F4N2O5/c1-42-28-17-38(16-21-14-23(32(34,35)36)5-6-25(21)28)30(41)31(22-3-4-22)11-8-24(18-43-31)37-12-9-19(10-13-37)20-2-7-27(33)26(15-20)29(39)40/h2,5-7,14-15,19,22,24,28H,3-4,8-13,16-18H2,1H3,(H,39,40)/t24?,28?,31-/m0/s1. The summed E-state index contributed by atoms with van der Waals surface area (Å²) in [5, 5.41) is 9.28. The number of hydrogen-bond donors (Lipinski definition) is 1. The van der Waals surface area contributed by atoms with Crippen LogP contribution in [-0.2, 0) is 27.0 Å². The Morgan fingerprint density at radius 2 is 1.79 bits per heavy atom. The van der Waals surface area contributed by atoms with Crippen LogP contribution in [0.4, 0.5) is 17.6 Å². The number of benzene rings is 2. The van der Waals surface area contributed by atoms with E-state index in [9.17, 15) is 32.3 Å². The molecule has 7 nitrogen and oxygen atoms in total. The van der Waals surface area contributed by atoms with Crippen molar-refractivity contribution in [2.45, 2.75) is 74.9 Å². The molecule has 1 saturated carbocycles. The van der Waals surface area contributed by atoms with Crippen molar-refractivity contribution in [3.05, 3.63) is 70.0 Å². The van der Waals surface area contributed by atoms with Crippen molar-refractivity contribution < 1.29 is 41.7 Å². The monoisotopic (exact) mass is 604 g/mol. The van der Waals surface area contributed by atoms with Crippen LogP contribution in [0.2, 0.25) is 0 Å². The second kappa shape index (κ2) is 11.5. The number of carbonyl (C=O) groups is 2. The molecule has 0 spiro atoms. The van der Waals surface area contributed by atoms with Gasteiger partial charge in [0.15, 0.2) is 0 Å². The molecule has 3 heterocycles. The van der Waals surface area contributed by atoms with Gasteiger partial charge in [0.25, 0.3) is 5.91 Å². The largest absolute Gasteiger partial charge is 0.478 e. The van der Waals surface area contributed by atoms with E-state index < -0.39 is 35.2 Å². The highest BCUT2D eigenvalue weighted by Gasteiger charge is 2.56. The minimum Gasteiger partial charge on any atom is -0.478 e. The number of piperidine rings is 1. The van der Waals surface area contributed by atoms with E-state index in [0.717, 1.165) is 62.9 Å². The number of ether oxygens (including phenoxy) is 2. The molecule has 2 aromatic carbocycles. The Morgan fingerprint density at radius 1 is 1.05 bits per heavy atom. The number of aromatic carboxylic acids is 1. The van der Waals surface area contributed by atoms with E-state index in [0.29, 0.717) is 24.2 Å². The lowest BCUT2D eigenvalue weighted by atomic mass is 9.83. The van der Waals surface area contributed by atoms with Crippen LogP contribution < -0.4 is 0 Å². The number of nitrogens with zero attached hydrogens (tertiary/aromatic N) is 2. The molecule has 11 heteroatoms. The molecule has 1 N–H and O–H groups in total. The molecule has 3 aliphatic heterocycles. The summed E-state index contributed by atoms with van der Waals surface area (Å²) in [7, 11) is 1.50. The zero-order valence-electron chi connectivity index (χ0n) is 24.0. The normalized spacial score (nSPS) is 27.1. The quantitative estimate of drug-likeness (QED) is 0.422. The predicted octanol–water partition coefficient (Wildman–Crippen LogP) is 5.78. The molecule has 3 atom stereocenters. The van der Waals surface area contributed by atoms with Gasteiger partial charge in [0.2, 0.25) is 0 Å².